The van der Waals surface area contributed by atoms with Crippen LogP contribution in [0.5, 0.6) is 0 Å². The van der Waals surface area contributed by atoms with Crippen molar-refractivity contribution in [1.29, 1.82) is 0 Å². The van der Waals surface area contributed by atoms with Crippen LogP contribution >= 0.6 is 0 Å². The normalized spacial score (nSPS) is 23.5. The van der Waals surface area contributed by atoms with Crippen LogP contribution < -0.4 is 5.32 Å². The molecule has 1 aliphatic carbocycles. The SMILES string of the molecule is COCc1ccc(CNCC2CCCCC2C)cc1. The van der Waals surface area contributed by atoms with Crippen LogP contribution in [-0.4, -0.2) is 13.7 Å². The van der Waals surface area contributed by atoms with Crippen molar-refractivity contribution < 1.29 is 4.74 Å². The number of hydrogen-bond acceptors (Lipinski definition) is 2. The molecule has 0 aromatic heterocycles. The molecule has 0 heterocycles. The van der Waals surface area contributed by atoms with Crippen LogP contribution in [0.15, 0.2) is 24.3 Å². The Kier molecular flexibility index (Phi) is 5.87. The van der Waals surface area contributed by atoms with Gasteiger partial charge in [-0.15, -0.1) is 0 Å². The Morgan fingerprint density at radius 1 is 1.11 bits per heavy atom. The molecule has 1 N–H and O–H groups in total. The quantitative estimate of drug-likeness (QED) is 0.842. The third kappa shape index (κ3) is 4.63. The second-order valence-corrected chi connectivity index (χ2v) is 5.90. The Bertz CT molecular complexity index is 360. The van der Waals surface area contributed by atoms with Crippen molar-refractivity contribution in [1.82, 2.24) is 5.32 Å². The smallest absolute Gasteiger partial charge is 0.0713 e. The molecule has 106 valence electrons. The number of ether oxygens (including phenoxy) is 1. The zero-order valence-corrected chi connectivity index (χ0v) is 12.3. The molecule has 2 nitrogen and oxygen atoms in total. The van der Waals surface area contributed by atoms with Crippen LogP contribution in [0.3, 0.4) is 0 Å². The molecule has 0 amide bonds. The van der Waals surface area contributed by atoms with Gasteiger partial charge in [0.15, 0.2) is 0 Å². The van der Waals surface area contributed by atoms with Crippen molar-refractivity contribution in [2.75, 3.05) is 13.7 Å². The zero-order chi connectivity index (χ0) is 13.5. The van der Waals surface area contributed by atoms with Gasteiger partial charge in [-0.25, -0.2) is 0 Å². The maximum absolute atomic E-state index is 5.12. The summed E-state index contributed by atoms with van der Waals surface area (Å²) in [5, 5.41) is 3.62. The predicted octanol–water partition coefficient (Wildman–Crippen LogP) is 3.75. The molecule has 0 spiro atoms. The summed E-state index contributed by atoms with van der Waals surface area (Å²) in [4.78, 5) is 0. The van der Waals surface area contributed by atoms with E-state index in [0.717, 1.165) is 18.4 Å². The molecule has 0 aliphatic heterocycles. The molecule has 2 heteroatoms. The molecular weight excluding hydrogens is 234 g/mol. The van der Waals surface area contributed by atoms with Crippen molar-refractivity contribution in [3.8, 4) is 0 Å². The van der Waals surface area contributed by atoms with Gasteiger partial charge in [0, 0.05) is 13.7 Å². The highest BCUT2D eigenvalue weighted by atomic mass is 16.5. The van der Waals surface area contributed by atoms with Gasteiger partial charge in [0.25, 0.3) is 0 Å². The Labute approximate surface area is 117 Å². The van der Waals surface area contributed by atoms with Crippen molar-refractivity contribution in [3.63, 3.8) is 0 Å². The van der Waals surface area contributed by atoms with Gasteiger partial charge < -0.3 is 10.1 Å². The second kappa shape index (κ2) is 7.66. The van der Waals surface area contributed by atoms with Crippen LogP contribution in [0.25, 0.3) is 0 Å². The van der Waals surface area contributed by atoms with E-state index in [2.05, 4.69) is 36.5 Å². The number of methoxy groups -OCH3 is 1. The lowest BCUT2D eigenvalue weighted by Gasteiger charge is -2.28. The van der Waals surface area contributed by atoms with Gasteiger partial charge in [0.05, 0.1) is 6.61 Å². The molecule has 1 saturated carbocycles. The van der Waals surface area contributed by atoms with E-state index in [1.165, 1.54) is 43.4 Å². The summed E-state index contributed by atoms with van der Waals surface area (Å²) in [6, 6.07) is 8.71. The molecule has 0 bridgehead atoms. The van der Waals surface area contributed by atoms with Crippen molar-refractivity contribution in [3.05, 3.63) is 35.4 Å². The fourth-order valence-electron chi connectivity index (χ4n) is 3.02. The maximum Gasteiger partial charge on any atom is 0.0713 e. The van der Waals surface area contributed by atoms with Gasteiger partial charge >= 0.3 is 0 Å². The number of hydrogen-bond donors (Lipinski definition) is 1. The highest BCUT2D eigenvalue weighted by Crippen LogP contribution is 2.28. The van der Waals surface area contributed by atoms with Gasteiger partial charge in [0.2, 0.25) is 0 Å². The van der Waals surface area contributed by atoms with Gasteiger partial charge in [-0.05, 0) is 35.9 Å². The zero-order valence-electron chi connectivity index (χ0n) is 12.3. The fourth-order valence-corrected chi connectivity index (χ4v) is 3.02. The van der Waals surface area contributed by atoms with E-state index in [1.54, 1.807) is 7.11 Å². The molecule has 19 heavy (non-hydrogen) atoms. The van der Waals surface area contributed by atoms with Crippen LogP contribution in [0.1, 0.15) is 43.7 Å². The fraction of sp³-hybridized carbons (Fsp3) is 0.647. The van der Waals surface area contributed by atoms with E-state index < -0.39 is 0 Å². The largest absolute Gasteiger partial charge is 0.380 e. The third-order valence-electron chi connectivity index (χ3n) is 4.36. The second-order valence-electron chi connectivity index (χ2n) is 5.90. The first-order valence-electron chi connectivity index (χ1n) is 7.57. The Morgan fingerprint density at radius 2 is 1.79 bits per heavy atom. The molecule has 2 rings (SSSR count). The van der Waals surface area contributed by atoms with Crippen molar-refractivity contribution in [2.45, 2.75) is 45.8 Å². The van der Waals surface area contributed by atoms with Crippen LogP contribution in [0.4, 0.5) is 0 Å². The molecular formula is C17H27NO. The summed E-state index contributed by atoms with van der Waals surface area (Å²) in [5.41, 5.74) is 2.61. The summed E-state index contributed by atoms with van der Waals surface area (Å²) in [6.45, 7) is 5.26. The van der Waals surface area contributed by atoms with Gasteiger partial charge in [-0.1, -0.05) is 50.5 Å². The lowest BCUT2D eigenvalue weighted by molar-refractivity contribution is 0.185. The van der Waals surface area contributed by atoms with Crippen LogP contribution in [0, 0.1) is 11.8 Å². The molecule has 2 unspecified atom stereocenters. The molecule has 0 radical (unpaired) electrons. The van der Waals surface area contributed by atoms with E-state index >= 15 is 0 Å². The standard InChI is InChI=1S/C17H27NO/c1-14-5-3-4-6-17(14)12-18-11-15-7-9-16(10-8-15)13-19-2/h7-10,14,17-18H,3-6,11-13H2,1-2H3. The van der Waals surface area contributed by atoms with E-state index in [9.17, 15) is 0 Å². The van der Waals surface area contributed by atoms with E-state index in [0.29, 0.717) is 6.61 Å². The minimum absolute atomic E-state index is 0.702. The van der Waals surface area contributed by atoms with E-state index in [1.807, 2.05) is 0 Å². The first-order valence-corrected chi connectivity index (χ1v) is 7.57. The topological polar surface area (TPSA) is 21.3 Å². The van der Waals surface area contributed by atoms with Gasteiger partial charge in [-0.2, -0.15) is 0 Å². The summed E-state index contributed by atoms with van der Waals surface area (Å²) >= 11 is 0. The highest BCUT2D eigenvalue weighted by molar-refractivity contribution is 5.21. The Balaban J connectivity index is 1.72. The monoisotopic (exact) mass is 261 g/mol. The first-order chi connectivity index (χ1) is 9.29. The van der Waals surface area contributed by atoms with Crippen LogP contribution in [0.2, 0.25) is 0 Å². The lowest BCUT2D eigenvalue weighted by atomic mass is 9.80. The molecule has 1 fully saturated rings. The summed E-state index contributed by atoms with van der Waals surface area (Å²) in [7, 11) is 1.74. The average Bonchev–Trinajstić information content (AvgIpc) is 2.43. The maximum atomic E-state index is 5.12. The molecule has 2 atom stereocenters. The van der Waals surface area contributed by atoms with E-state index in [4.69, 9.17) is 4.74 Å². The summed E-state index contributed by atoms with van der Waals surface area (Å²) in [5.74, 6) is 1.77. The molecule has 0 saturated heterocycles. The van der Waals surface area contributed by atoms with Gasteiger partial charge in [-0.3, -0.25) is 0 Å². The Morgan fingerprint density at radius 3 is 2.47 bits per heavy atom. The first kappa shape index (κ1) is 14.5. The average molecular weight is 261 g/mol. The molecule has 1 aromatic carbocycles. The minimum Gasteiger partial charge on any atom is -0.380 e. The predicted molar refractivity (Wildman–Crippen MR) is 80.0 cm³/mol. The third-order valence-corrected chi connectivity index (χ3v) is 4.36. The number of rotatable bonds is 6. The van der Waals surface area contributed by atoms with Crippen molar-refractivity contribution >= 4 is 0 Å². The lowest BCUT2D eigenvalue weighted by Crippen LogP contribution is -2.29. The Hall–Kier alpha value is -0.860. The molecule has 1 aliphatic rings. The minimum atomic E-state index is 0.702. The molecule has 1 aromatic rings. The number of nitrogens with one attached hydrogen (secondary N) is 1. The highest BCUT2D eigenvalue weighted by Gasteiger charge is 2.20. The summed E-state index contributed by atoms with van der Waals surface area (Å²) in [6.07, 6.45) is 5.67. The van der Waals surface area contributed by atoms with Crippen molar-refractivity contribution in [2.24, 2.45) is 11.8 Å². The van der Waals surface area contributed by atoms with Gasteiger partial charge in [0.1, 0.15) is 0 Å². The van der Waals surface area contributed by atoms with Crippen LogP contribution in [-0.2, 0) is 17.9 Å². The summed E-state index contributed by atoms with van der Waals surface area (Å²) < 4.78 is 5.12. The van der Waals surface area contributed by atoms with E-state index in [-0.39, 0.29) is 0 Å². The number of benzene rings is 1.